The van der Waals surface area contributed by atoms with Crippen molar-refractivity contribution in [3.05, 3.63) is 0 Å². The van der Waals surface area contributed by atoms with Crippen LogP contribution in [0.1, 0.15) is 39.0 Å². The molecule has 1 rings (SSSR count). The van der Waals surface area contributed by atoms with Crippen molar-refractivity contribution in [2.75, 3.05) is 13.2 Å². The second kappa shape index (κ2) is 6.70. The lowest BCUT2D eigenvalue weighted by molar-refractivity contribution is 0.114. The molecule has 0 amide bonds. The summed E-state index contributed by atoms with van der Waals surface area (Å²) in [7, 11) is 0. The molecule has 0 aromatic rings. The third-order valence-electron chi connectivity index (χ3n) is 3.35. The van der Waals surface area contributed by atoms with Crippen molar-refractivity contribution < 1.29 is 10.3 Å². The number of rotatable bonds is 6. The summed E-state index contributed by atoms with van der Waals surface area (Å²) < 4.78 is 0. The summed E-state index contributed by atoms with van der Waals surface area (Å²) in [6.07, 6.45) is 5.47. The number of amidine groups is 1. The summed E-state index contributed by atoms with van der Waals surface area (Å²) in [4.78, 5) is 2.28. The Morgan fingerprint density at radius 3 is 2.62 bits per heavy atom. The fraction of sp³-hybridized carbons (Fsp3) is 0.909. The zero-order valence-electron chi connectivity index (χ0n) is 9.97. The first-order valence-corrected chi connectivity index (χ1v) is 6.02. The lowest BCUT2D eigenvalue weighted by atomic mass is 10.1. The third kappa shape index (κ3) is 3.64. The van der Waals surface area contributed by atoms with Crippen LogP contribution in [0.2, 0.25) is 0 Å². The number of nitrogens with two attached hydrogens (primary N) is 1. The Morgan fingerprint density at radius 2 is 2.12 bits per heavy atom. The van der Waals surface area contributed by atoms with Crippen molar-refractivity contribution in [1.82, 2.24) is 4.90 Å². The highest BCUT2D eigenvalue weighted by Gasteiger charge is 2.26. The Hall–Kier alpha value is -0.810. The van der Waals surface area contributed by atoms with Crippen LogP contribution in [-0.2, 0) is 0 Å². The van der Waals surface area contributed by atoms with E-state index < -0.39 is 0 Å². The lowest BCUT2D eigenvalue weighted by Crippen LogP contribution is -2.44. The number of oxime groups is 1. The van der Waals surface area contributed by atoms with Gasteiger partial charge in [0.15, 0.2) is 0 Å². The van der Waals surface area contributed by atoms with E-state index in [1.165, 1.54) is 25.7 Å². The summed E-state index contributed by atoms with van der Waals surface area (Å²) in [6, 6.07) is 0.764. The van der Waals surface area contributed by atoms with Crippen molar-refractivity contribution in [1.29, 1.82) is 0 Å². The van der Waals surface area contributed by atoms with Gasteiger partial charge in [0.25, 0.3) is 0 Å². The maximum absolute atomic E-state index is 9.08. The van der Waals surface area contributed by atoms with Gasteiger partial charge in [-0.3, -0.25) is 4.90 Å². The molecule has 4 N–H and O–H groups in total. The third-order valence-corrected chi connectivity index (χ3v) is 3.35. The molecule has 16 heavy (non-hydrogen) atoms. The molecule has 0 heterocycles. The van der Waals surface area contributed by atoms with Crippen molar-refractivity contribution >= 4 is 5.84 Å². The quantitative estimate of drug-likeness (QED) is 0.272. The van der Waals surface area contributed by atoms with Gasteiger partial charge in [-0.2, -0.15) is 0 Å². The van der Waals surface area contributed by atoms with E-state index >= 15 is 0 Å². The topological polar surface area (TPSA) is 82.1 Å². The van der Waals surface area contributed by atoms with Crippen LogP contribution in [0.25, 0.3) is 0 Å². The van der Waals surface area contributed by atoms with E-state index in [1.54, 1.807) is 0 Å². The summed E-state index contributed by atoms with van der Waals surface area (Å²) >= 11 is 0. The average molecular weight is 229 g/mol. The molecular weight excluding hydrogens is 206 g/mol. The van der Waals surface area contributed by atoms with Crippen molar-refractivity contribution in [2.24, 2.45) is 10.9 Å². The van der Waals surface area contributed by atoms with E-state index in [1.807, 2.05) is 0 Å². The van der Waals surface area contributed by atoms with E-state index in [4.69, 9.17) is 16.0 Å². The molecule has 1 aliphatic rings. The molecule has 0 spiro atoms. The molecule has 94 valence electrons. The van der Waals surface area contributed by atoms with Gasteiger partial charge in [0, 0.05) is 25.0 Å². The van der Waals surface area contributed by atoms with Crippen LogP contribution in [0.5, 0.6) is 0 Å². The van der Waals surface area contributed by atoms with E-state index in [-0.39, 0.29) is 18.5 Å². The first-order valence-electron chi connectivity index (χ1n) is 6.02. The number of nitrogens with zero attached hydrogens (tertiary/aromatic N) is 2. The Labute approximate surface area is 96.9 Å². The molecule has 1 unspecified atom stereocenters. The van der Waals surface area contributed by atoms with Crippen LogP contribution < -0.4 is 5.73 Å². The second-order valence-electron chi connectivity index (χ2n) is 4.54. The zero-order valence-corrected chi connectivity index (χ0v) is 9.97. The smallest absolute Gasteiger partial charge is 0.140 e. The van der Waals surface area contributed by atoms with E-state index in [9.17, 15) is 0 Å². The normalized spacial score (nSPS) is 20.6. The fourth-order valence-corrected chi connectivity index (χ4v) is 2.57. The van der Waals surface area contributed by atoms with Crippen molar-refractivity contribution in [3.8, 4) is 0 Å². The largest absolute Gasteiger partial charge is 0.409 e. The monoisotopic (exact) mass is 229 g/mol. The molecule has 1 aliphatic carbocycles. The molecule has 1 fully saturated rings. The Kier molecular flexibility index (Phi) is 5.55. The average Bonchev–Trinajstić information content (AvgIpc) is 2.78. The molecule has 1 atom stereocenters. The molecule has 0 aliphatic heterocycles. The summed E-state index contributed by atoms with van der Waals surface area (Å²) in [5, 5.41) is 20.6. The molecule has 0 bridgehead atoms. The summed E-state index contributed by atoms with van der Waals surface area (Å²) in [6.45, 7) is 2.90. The van der Waals surface area contributed by atoms with Crippen LogP contribution in [0.3, 0.4) is 0 Å². The van der Waals surface area contributed by atoms with Crippen molar-refractivity contribution in [2.45, 2.75) is 51.1 Å². The summed E-state index contributed by atoms with van der Waals surface area (Å²) in [5.74, 6) is 0.258. The van der Waals surface area contributed by atoms with Crippen LogP contribution in [-0.4, -0.2) is 46.3 Å². The fourth-order valence-electron chi connectivity index (χ4n) is 2.57. The maximum atomic E-state index is 9.08. The second-order valence-corrected chi connectivity index (χ2v) is 4.54. The van der Waals surface area contributed by atoms with Gasteiger partial charge in [-0.1, -0.05) is 18.0 Å². The molecule has 0 aromatic heterocycles. The number of hydrogen-bond donors (Lipinski definition) is 3. The minimum absolute atomic E-state index is 0.164. The van der Waals surface area contributed by atoms with Gasteiger partial charge < -0.3 is 16.0 Å². The van der Waals surface area contributed by atoms with E-state index in [0.717, 1.165) is 0 Å². The molecule has 0 aromatic carbocycles. The Balaban J connectivity index is 2.53. The highest BCUT2D eigenvalue weighted by Crippen LogP contribution is 2.25. The van der Waals surface area contributed by atoms with E-state index in [2.05, 4.69) is 17.0 Å². The molecule has 5 heteroatoms. The molecule has 1 saturated carbocycles. The molecule has 0 saturated heterocycles. The first kappa shape index (κ1) is 13.3. The van der Waals surface area contributed by atoms with Gasteiger partial charge in [-0.25, -0.2) is 0 Å². The van der Waals surface area contributed by atoms with Gasteiger partial charge in [-0.15, -0.1) is 0 Å². The van der Waals surface area contributed by atoms with Gasteiger partial charge in [0.05, 0.1) is 6.61 Å². The SMILES string of the molecule is CC(CC(N)=NO)N(CCO)C1CCCC1. The summed E-state index contributed by atoms with van der Waals surface area (Å²) in [5.41, 5.74) is 5.52. The standard InChI is InChI=1S/C11H23N3O2/c1-9(8-11(12)13-16)14(6-7-15)10-4-2-3-5-10/h9-10,15-16H,2-8H2,1H3,(H2,12,13). The Bertz CT molecular complexity index is 227. The number of aliphatic hydroxyl groups is 1. The van der Waals surface area contributed by atoms with Crippen LogP contribution in [0.15, 0.2) is 5.16 Å². The van der Waals surface area contributed by atoms with Gasteiger partial charge >= 0.3 is 0 Å². The predicted octanol–water partition coefficient (Wildman–Crippen LogP) is 0.748. The highest BCUT2D eigenvalue weighted by atomic mass is 16.4. The van der Waals surface area contributed by atoms with Gasteiger partial charge in [0.1, 0.15) is 5.84 Å². The lowest BCUT2D eigenvalue weighted by Gasteiger charge is -2.33. The predicted molar refractivity (Wildman–Crippen MR) is 63.5 cm³/mol. The zero-order chi connectivity index (χ0) is 12.0. The first-order chi connectivity index (χ1) is 7.69. The van der Waals surface area contributed by atoms with Gasteiger partial charge in [0.2, 0.25) is 0 Å². The minimum Gasteiger partial charge on any atom is -0.409 e. The number of aliphatic hydroxyl groups excluding tert-OH is 1. The minimum atomic E-state index is 0.164. The molecule has 0 radical (unpaired) electrons. The highest BCUT2D eigenvalue weighted by molar-refractivity contribution is 5.80. The Morgan fingerprint density at radius 1 is 1.50 bits per heavy atom. The van der Waals surface area contributed by atoms with Crippen LogP contribution >= 0.6 is 0 Å². The van der Waals surface area contributed by atoms with Crippen LogP contribution in [0.4, 0.5) is 0 Å². The molecule has 5 nitrogen and oxygen atoms in total. The van der Waals surface area contributed by atoms with Crippen molar-refractivity contribution in [3.63, 3.8) is 0 Å². The molecular formula is C11H23N3O2. The number of hydrogen-bond acceptors (Lipinski definition) is 4. The maximum Gasteiger partial charge on any atom is 0.140 e. The van der Waals surface area contributed by atoms with E-state index in [0.29, 0.717) is 19.0 Å². The van der Waals surface area contributed by atoms with Gasteiger partial charge in [-0.05, 0) is 19.8 Å². The van der Waals surface area contributed by atoms with Crippen LogP contribution in [0, 0.1) is 0 Å².